The molecule has 0 fully saturated rings. The van der Waals surface area contributed by atoms with Crippen molar-refractivity contribution in [2.45, 2.75) is 39.7 Å². The molecule has 130 valence electrons. The summed E-state index contributed by atoms with van der Waals surface area (Å²) in [5.41, 5.74) is 4.71. The number of esters is 1. The zero-order chi connectivity index (χ0) is 18.0. The van der Waals surface area contributed by atoms with Gasteiger partial charge >= 0.3 is 5.97 Å². The summed E-state index contributed by atoms with van der Waals surface area (Å²) in [6, 6.07) is 7.56. The number of rotatable bonds is 5. The van der Waals surface area contributed by atoms with Gasteiger partial charge in [0.1, 0.15) is 0 Å². The lowest BCUT2D eigenvalue weighted by Gasteiger charge is -2.25. The molecule has 1 aromatic carbocycles. The van der Waals surface area contributed by atoms with Crippen molar-refractivity contribution in [1.82, 2.24) is 4.98 Å². The second kappa shape index (κ2) is 7.05. The van der Waals surface area contributed by atoms with Crippen LogP contribution in [-0.4, -0.2) is 23.5 Å². The smallest absolute Gasteiger partial charge is 0.305 e. The maximum Gasteiger partial charge on any atom is 0.305 e. The first-order valence-electron chi connectivity index (χ1n) is 8.53. The van der Waals surface area contributed by atoms with E-state index in [0.717, 1.165) is 27.9 Å². The van der Waals surface area contributed by atoms with Crippen molar-refractivity contribution in [3.05, 3.63) is 58.9 Å². The van der Waals surface area contributed by atoms with Gasteiger partial charge in [-0.25, -0.2) is 0 Å². The Morgan fingerprint density at radius 2 is 2.04 bits per heavy atom. The SMILES string of the molecule is CCC(=O)OCCC1c2cc(C)c(C)cc2C(=O)N1c1cccnc1. The summed E-state index contributed by atoms with van der Waals surface area (Å²) in [5, 5.41) is 0. The van der Waals surface area contributed by atoms with Crippen LogP contribution in [0, 0.1) is 13.8 Å². The van der Waals surface area contributed by atoms with Gasteiger partial charge in [0.25, 0.3) is 5.91 Å². The zero-order valence-corrected chi connectivity index (χ0v) is 14.8. The second-order valence-electron chi connectivity index (χ2n) is 6.29. The van der Waals surface area contributed by atoms with Crippen molar-refractivity contribution in [3.63, 3.8) is 0 Å². The Bertz CT molecular complexity index is 802. The molecule has 1 unspecified atom stereocenters. The summed E-state index contributed by atoms with van der Waals surface area (Å²) in [4.78, 5) is 30.3. The molecule has 1 aromatic heterocycles. The Morgan fingerprint density at radius 1 is 1.28 bits per heavy atom. The van der Waals surface area contributed by atoms with Crippen LogP contribution >= 0.6 is 0 Å². The molecule has 0 aliphatic carbocycles. The van der Waals surface area contributed by atoms with Crippen molar-refractivity contribution in [2.75, 3.05) is 11.5 Å². The molecule has 0 saturated heterocycles. The van der Waals surface area contributed by atoms with E-state index in [9.17, 15) is 9.59 Å². The molecule has 0 spiro atoms. The number of anilines is 1. The maximum absolute atomic E-state index is 13.0. The summed E-state index contributed by atoms with van der Waals surface area (Å²) in [7, 11) is 0. The number of hydrogen-bond donors (Lipinski definition) is 0. The maximum atomic E-state index is 13.0. The van der Waals surface area contributed by atoms with Gasteiger partial charge in [-0.15, -0.1) is 0 Å². The van der Waals surface area contributed by atoms with E-state index in [4.69, 9.17) is 4.74 Å². The fraction of sp³-hybridized carbons (Fsp3) is 0.350. The van der Waals surface area contributed by atoms with Gasteiger partial charge in [-0.2, -0.15) is 0 Å². The Balaban J connectivity index is 1.96. The molecule has 3 rings (SSSR count). The van der Waals surface area contributed by atoms with Crippen LogP contribution in [0.4, 0.5) is 5.69 Å². The quantitative estimate of drug-likeness (QED) is 0.779. The summed E-state index contributed by atoms with van der Waals surface area (Å²) in [6.07, 6.45) is 4.28. The lowest BCUT2D eigenvalue weighted by atomic mass is 9.97. The number of ether oxygens (including phenoxy) is 1. The second-order valence-corrected chi connectivity index (χ2v) is 6.29. The number of pyridine rings is 1. The fourth-order valence-electron chi connectivity index (χ4n) is 3.17. The average molecular weight is 338 g/mol. The monoisotopic (exact) mass is 338 g/mol. The first-order valence-corrected chi connectivity index (χ1v) is 8.53. The van der Waals surface area contributed by atoms with Crippen molar-refractivity contribution < 1.29 is 14.3 Å². The van der Waals surface area contributed by atoms with E-state index in [0.29, 0.717) is 12.8 Å². The van der Waals surface area contributed by atoms with Crippen LogP contribution in [0.2, 0.25) is 0 Å². The van der Waals surface area contributed by atoms with Gasteiger partial charge in [-0.05, 0) is 48.7 Å². The first kappa shape index (κ1) is 17.1. The predicted octanol–water partition coefficient (Wildman–Crippen LogP) is 3.74. The molecule has 5 heteroatoms. The van der Waals surface area contributed by atoms with Gasteiger partial charge in [-0.3, -0.25) is 19.5 Å². The lowest BCUT2D eigenvalue weighted by molar-refractivity contribution is -0.143. The molecule has 1 amide bonds. The highest BCUT2D eigenvalue weighted by Gasteiger charge is 2.38. The third kappa shape index (κ3) is 3.27. The normalized spacial score (nSPS) is 16.0. The van der Waals surface area contributed by atoms with E-state index < -0.39 is 0 Å². The topological polar surface area (TPSA) is 59.5 Å². The number of aromatic nitrogens is 1. The molecule has 0 saturated carbocycles. The highest BCUT2D eigenvalue weighted by molar-refractivity contribution is 6.11. The minimum Gasteiger partial charge on any atom is -0.466 e. The molecule has 1 atom stereocenters. The number of carbonyl (C=O) groups is 2. The lowest BCUT2D eigenvalue weighted by Crippen LogP contribution is -2.28. The van der Waals surface area contributed by atoms with Crippen molar-refractivity contribution >= 4 is 17.6 Å². The Hall–Kier alpha value is -2.69. The van der Waals surface area contributed by atoms with Crippen molar-refractivity contribution in [3.8, 4) is 0 Å². The number of carbonyl (C=O) groups excluding carboxylic acids is 2. The first-order chi connectivity index (χ1) is 12.0. The summed E-state index contributed by atoms with van der Waals surface area (Å²) >= 11 is 0. The third-order valence-electron chi connectivity index (χ3n) is 4.65. The number of aryl methyl sites for hydroxylation is 2. The van der Waals surface area contributed by atoms with E-state index in [-0.39, 0.29) is 24.5 Å². The standard InChI is InChI=1S/C20H22N2O3/c1-4-19(23)25-9-7-18-16-10-13(2)14(3)11-17(16)20(24)22(18)15-6-5-8-21-12-15/h5-6,8,10-12,18H,4,7,9H2,1-3H3. The molecule has 0 bridgehead atoms. The van der Waals surface area contributed by atoms with E-state index in [1.807, 2.05) is 32.0 Å². The van der Waals surface area contributed by atoms with Gasteiger partial charge in [0.05, 0.1) is 24.5 Å². The number of fused-ring (bicyclic) bond motifs is 1. The summed E-state index contributed by atoms with van der Waals surface area (Å²) in [5.74, 6) is -0.254. The summed E-state index contributed by atoms with van der Waals surface area (Å²) < 4.78 is 5.25. The number of hydrogen-bond acceptors (Lipinski definition) is 4. The highest BCUT2D eigenvalue weighted by atomic mass is 16.5. The molecule has 1 aliphatic heterocycles. The minimum atomic E-state index is -0.224. The molecular formula is C20H22N2O3. The predicted molar refractivity (Wildman–Crippen MR) is 95.6 cm³/mol. The van der Waals surface area contributed by atoms with Gasteiger partial charge in [0, 0.05) is 24.6 Å². The van der Waals surface area contributed by atoms with Crippen LogP contribution in [0.5, 0.6) is 0 Å². The number of benzene rings is 1. The van der Waals surface area contributed by atoms with E-state index in [1.54, 1.807) is 24.2 Å². The van der Waals surface area contributed by atoms with Gasteiger partial charge in [0.15, 0.2) is 0 Å². The average Bonchev–Trinajstić information content (AvgIpc) is 2.88. The Kier molecular flexibility index (Phi) is 4.83. The molecule has 2 heterocycles. The Morgan fingerprint density at radius 3 is 2.72 bits per heavy atom. The van der Waals surface area contributed by atoms with Crippen LogP contribution in [-0.2, 0) is 9.53 Å². The Labute approximate surface area is 147 Å². The van der Waals surface area contributed by atoms with Crippen molar-refractivity contribution in [2.24, 2.45) is 0 Å². The largest absolute Gasteiger partial charge is 0.466 e. The van der Waals surface area contributed by atoms with Gasteiger partial charge in [-0.1, -0.05) is 13.0 Å². The number of amides is 1. The third-order valence-corrected chi connectivity index (χ3v) is 4.65. The minimum absolute atomic E-state index is 0.0297. The van der Waals surface area contributed by atoms with E-state index >= 15 is 0 Å². The van der Waals surface area contributed by atoms with Crippen LogP contribution < -0.4 is 4.90 Å². The van der Waals surface area contributed by atoms with Crippen LogP contribution in [0.1, 0.15) is 52.9 Å². The molecule has 0 radical (unpaired) electrons. The molecule has 1 aliphatic rings. The molecular weight excluding hydrogens is 316 g/mol. The number of nitrogens with zero attached hydrogens (tertiary/aromatic N) is 2. The van der Waals surface area contributed by atoms with Crippen molar-refractivity contribution in [1.29, 1.82) is 0 Å². The van der Waals surface area contributed by atoms with E-state index in [1.165, 1.54) is 0 Å². The molecule has 0 N–H and O–H groups in total. The van der Waals surface area contributed by atoms with Gasteiger partial charge < -0.3 is 4.74 Å². The van der Waals surface area contributed by atoms with Crippen LogP contribution in [0.25, 0.3) is 0 Å². The fourth-order valence-corrected chi connectivity index (χ4v) is 3.17. The highest BCUT2D eigenvalue weighted by Crippen LogP contribution is 2.40. The van der Waals surface area contributed by atoms with Gasteiger partial charge in [0.2, 0.25) is 0 Å². The molecule has 2 aromatic rings. The van der Waals surface area contributed by atoms with E-state index in [2.05, 4.69) is 11.1 Å². The van der Waals surface area contributed by atoms with Crippen LogP contribution in [0.15, 0.2) is 36.7 Å². The van der Waals surface area contributed by atoms with Crippen LogP contribution in [0.3, 0.4) is 0 Å². The summed E-state index contributed by atoms with van der Waals surface area (Å²) in [6.45, 7) is 6.10. The molecule has 25 heavy (non-hydrogen) atoms. The molecule has 5 nitrogen and oxygen atoms in total. The zero-order valence-electron chi connectivity index (χ0n) is 14.8.